The van der Waals surface area contributed by atoms with E-state index in [1.807, 2.05) is 6.07 Å². The minimum Gasteiger partial charge on any atom is -0.357 e. The summed E-state index contributed by atoms with van der Waals surface area (Å²) in [5.74, 6) is 0.343. The van der Waals surface area contributed by atoms with Crippen LogP contribution < -0.4 is 5.32 Å². The Balaban J connectivity index is 2.63. The molecule has 0 unspecified atom stereocenters. The van der Waals surface area contributed by atoms with Crippen LogP contribution in [-0.4, -0.2) is 21.9 Å². The Labute approximate surface area is 111 Å². The van der Waals surface area contributed by atoms with Crippen LogP contribution in [0, 0.1) is 10.1 Å². The predicted molar refractivity (Wildman–Crippen MR) is 71.4 cm³/mol. The summed E-state index contributed by atoms with van der Waals surface area (Å²) in [7, 11) is 1.66. The number of halogens is 1. The average molecular weight is 309 g/mol. The number of benzene rings is 1. The molecule has 0 radical (unpaired) electrons. The lowest BCUT2D eigenvalue weighted by molar-refractivity contribution is -0.384. The maximum absolute atomic E-state index is 11.0. The Hall–Kier alpha value is -2.02. The number of nitrogens with zero attached hydrogens (tertiary/aromatic N) is 3. The Bertz CT molecular complexity index is 603. The van der Waals surface area contributed by atoms with Crippen molar-refractivity contribution >= 4 is 27.6 Å². The second-order valence-corrected chi connectivity index (χ2v) is 4.36. The molecule has 0 atom stereocenters. The number of anilines is 1. The third kappa shape index (κ3) is 2.45. The number of nitrogens with one attached hydrogen (secondary N) is 1. The molecule has 1 aromatic heterocycles. The van der Waals surface area contributed by atoms with Crippen LogP contribution in [0.5, 0.6) is 0 Å². The monoisotopic (exact) mass is 308 g/mol. The molecule has 0 aliphatic heterocycles. The topological polar surface area (TPSA) is 81.0 Å². The quantitative estimate of drug-likeness (QED) is 0.696. The molecule has 2 rings (SSSR count). The van der Waals surface area contributed by atoms with Crippen LogP contribution in [0.3, 0.4) is 0 Å². The van der Waals surface area contributed by atoms with Gasteiger partial charge in [-0.3, -0.25) is 10.1 Å². The van der Waals surface area contributed by atoms with Gasteiger partial charge in [-0.1, -0.05) is 28.1 Å². The summed E-state index contributed by atoms with van der Waals surface area (Å²) in [6.07, 6.45) is 1.20. The molecule has 0 saturated heterocycles. The van der Waals surface area contributed by atoms with Gasteiger partial charge in [0.25, 0.3) is 0 Å². The number of hydrogen-bond acceptors (Lipinski definition) is 5. The Morgan fingerprint density at radius 3 is 2.83 bits per heavy atom. The van der Waals surface area contributed by atoms with Gasteiger partial charge in [0, 0.05) is 17.1 Å². The minimum atomic E-state index is -0.490. The molecule has 0 aliphatic carbocycles. The molecule has 0 fully saturated rings. The first kappa shape index (κ1) is 12.4. The molecule has 1 heterocycles. The van der Waals surface area contributed by atoms with Gasteiger partial charge >= 0.3 is 5.69 Å². The highest BCUT2D eigenvalue weighted by Crippen LogP contribution is 2.29. The van der Waals surface area contributed by atoms with Gasteiger partial charge in [0.1, 0.15) is 6.20 Å². The molecule has 1 N–H and O–H groups in total. The van der Waals surface area contributed by atoms with Crippen molar-refractivity contribution in [3.05, 3.63) is 45.0 Å². The molecular weight excluding hydrogens is 300 g/mol. The van der Waals surface area contributed by atoms with Crippen molar-refractivity contribution in [3.8, 4) is 11.3 Å². The molecule has 0 saturated carbocycles. The van der Waals surface area contributed by atoms with Crippen molar-refractivity contribution < 1.29 is 4.92 Å². The summed E-state index contributed by atoms with van der Waals surface area (Å²) in [6.45, 7) is 0. The van der Waals surface area contributed by atoms with Crippen molar-refractivity contribution in [2.24, 2.45) is 0 Å². The maximum Gasteiger partial charge on any atom is 0.313 e. The summed E-state index contributed by atoms with van der Waals surface area (Å²) in [4.78, 5) is 18.5. The van der Waals surface area contributed by atoms with Crippen LogP contribution in [-0.2, 0) is 0 Å². The zero-order valence-electron chi connectivity index (χ0n) is 9.42. The van der Waals surface area contributed by atoms with Crippen molar-refractivity contribution in [2.75, 3.05) is 12.4 Å². The van der Waals surface area contributed by atoms with E-state index in [2.05, 4.69) is 31.2 Å². The van der Waals surface area contributed by atoms with Gasteiger partial charge in [-0.25, -0.2) is 9.97 Å². The molecule has 6 nitrogen and oxygen atoms in total. The third-order valence-corrected chi connectivity index (χ3v) is 2.78. The van der Waals surface area contributed by atoms with Crippen molar-refractivity contribution in [3.63, 3.8) is 0 Å². The van der Waals surface area contributed by atoms with Crippen LogP contribution >= 0.6 is 15.9 Å². The highest BCUT2D eigenvalue weighted by molar-refractivity contribution is 9.10. The van der Waals surface area contributed by atoms with Crippen molar-refractivity contribution in [2.45, 2.75) is 0 Å². The zero-order valence-corrected chi connectivity index (χ0v) is 11.0. The van der Waals surface area contributed by atoms with E-state index in [0.29, 0.717) is 17.2 Å². The minimum absolute atomic E-state index is 0.118. The van der Waals surface area contributed by atoms with Gasteiger partial charge in [0.15, 0.2) is 5.69 Å². The number of rotatable bonds is 3. The fourth-order valence-electron chi connectivity index (χ4n) is 1.48. The maximum atomic E-state index is 11.0. The smallest absolute Gasteiger partial charge is 0.313 e. The second-order valence-electron chi connectivity index (χ2n) is 3.44. The van der Waals surface area contributed by atoms with Gasteiger partial charge in [-0.15, -0.1) is 0 Å². The summed E-state index contributed by atoms with van der Waals surface area (Å²) in [5, 5.41) is 13.7. The van der Waals surface area contributed by atoms with Crippen LogP contribution in [0.25, 0.3) is 11.3 Å². The van der Waals surface area contributed by atoms with Gasteiger partial charge in [0.05, 0.1) is 4.92 Å². The molecule has 92 valence electrons. The lowest BCUT2D eigenvalue weighted by Gasteiger charge is -2.05. The SMILES string of the molecule is CNc1ncc([N+](=O)[O-])c(-c2cccc(Br)c2)n1. The van der Waals surface area contributed by atoms with Crippen LogP contribution in [0.15, 0.2) is 34.9 Å². The molecule has 18 heavy (non-hydrogen) atoms. The highest BCUT2D eigenvalue weighted by atomic mass is 79.9. The normalized spacial score (nSPS) is 10.1. The average Bonchev–Trinajstić information content (AvgIpc) is 2.38. The molecule has 2 aromatic rings. The number of aromatic nitrogens is 2. The summed E-state index contributed by atoms with van der Waals surface area (Å²) >= 11 is 3.33. The van der Waals surface area contributed by atoms with Crippen molar-refractivity contribution in [1.82, 2.24) is 9.97 Å². The molecule has 0 amide bonds. The van der Waals surface area contributed by atoms with E-state index < -0.39 is 4.92 Å². The first-order valence-corrected chi connectivity index (χ1v) is 5.86. The summed E-state index contributed by atoms with van der Waals surface area (Å²) in [5.41, 5.74) is 0.836. The fourth-order valence-corrected chi connectivity index (χ4v) is 1.88. The highest BCUT2D eigenvalue weighted by Gasteiger charge is 2.18. The second kappa shape index (κ2) is 5.09. The van der Waals surface area contributed by atoms with Gasteiger partial charge < -0.3 is 5.32 Å². The lowest BCUT2D eigenvalue weighted by Crippen LogP contribution is -2.01. The van der Waals surface area contributed by atoms with E-state index in [4.69, 9.17) is 0 Å². The summed E-state index contributed by atoms with van der Waals surface area (Å²) < 4.78 is 0.832. The van der Waals surface area contributed by atoms with Crippen molar-refractivity contribution in [1.29, 1.82) is 0 Å². The Morgan fingerprint density at radius 2 is 2.22 bits per heavy atom. The largest absolute Gasteiger partial charge is 0.357 e. The van der Waals surface area contributed by atoms with E-state index in [0.717, 1.165) is 4.47 Å². The number of hydrogen-bond donors (Lipinski definition) is 1. The molecule has 7 heteroatoms. The summed E-state index contributed by atoms with van der Waals surface area (Å²) in [6, 6.07) is 7.17. The van der Waals surface area contributed by atoms with E-state index in [-0.39, 0.29) is 5.69 Å². The lowest BCUT2D eigenvalue weighted by atomic mass is 10.1. The zero-order chi connectivity index (χ0) is 13.1. The molecular formula is C11H9BrN4O2. The van der Waals surface area contributed by atoms with Gasteiger partial charge in [-0.05, 0) is 12.1 Å². The van der Waals surface area contributed by atoms with Gasteiger partial charge in [0.2, 0.25) is 5.95 Å². The Morgan fingerprint density at radius 1 is 1.44 bits per heavy atom. The molecule has 0 bridgehead atoms. The van der Waals surface area contributed by atoms with E-state index >= 15 is 0 Å². The predicted octanol–water partition coefficient (Wildman–Crippen LogP) is 2.86. The molecule has 0 aliphatic rings. The Kier molecular flexibility index (Phi) is 3.52. The van der Waals surface area contributed by atoms with Crippen LogP contribution in [0.2, 0.25) is 0 Å². The standard InChI is InChI=1S/C11H9BrN4O2/c1-13-11-14-6-9(16(17)18)10(15-11)7-3-2-4-8(12)5-7/h2-6H,1H3,(H,13,14,15). The van der Waals surface area contributed by atoms with Crippen LogP contribution in [0.4, 0.5) is 11.6 Å². The van der Waals surface area contributed by atoms with Crippen LogP contribution in [0.1, 0.15) is 0 Å². The van der Waals surface area contributed by atoms with E-state index in [1.54, 1.807) is 25.2 Å². The fraction of sp³-hybridized carbons (Fsp3) is 0.0909. The molecule has 1 aromatic carbocycles. The first-order chi connectivity index (χ1) is 8.61. The molecule has 0 spiro atoms. The number of nitro groups is 1. The van der Waals surface area contributed by atoms with E-state index in [9.17, 15) is 10.1 Å². The van der Waals surface area contributed by atoms with E-state index in [1.165, 1.54) is 6.20 Å². The van der Waals surface area contributed by atoms with Gasteiger partial charge in [-0.2, -0.15) is 0 Å². The first-order valence-electron chi connectivity index (χ1n) is 5.07. The third-order valence-electron chi connectivity index (χ3n) is 2.29.